The lowest BCUT2D eigenvalue weighted by atomic mass is 10.1. The predicted octanol–water partition coefficient (Wildman–Crippen LogP) is 5.35. The first-order valence-electron chi connectivity index (χ1n) is 11.6. The van der Waals surface area contributed by atoms with Crippen LogP contribution in [0.15, 0.2) is 65.8 Å². The molecule has 0 fully saturated rings. The number of thioether (sulfide) groups is 1. The number of aromatic nitrogens is 3. The molecule has 11 heteroatoms. The quantitative estimate of drug-likeness (QED) is 0.271. The van der Waals surface area contributed by atoms with Crippen LogP contribution >= 0.6 is 23.4 Å². The monoisotopic (exact) mass is 553 g/mol. The fraction of sp³-hybridized carbons (Fsp3) is 0.185. The van der Waals surface area contributed by atoms with Gasteiger partial charge in [0.25, 0.3) is 5.91 Å². The zero-order chi connectivity index (χ0) is 27.2. The van der Waals surface area contributed by atoms with E-state index in [2.05, 4.69) is 20.8 Å². The van der Waals surface area contributed by atoms with Crippen LogP contribution in [-0.4, -0.2) is 39.4 Å². The highest BCUT2D eigenvalue weighted by Crippen LogP contribution is 2.26. The number of anilines is 1. The molecule has 38 heavy (non-hydrogen) atoms. The maximum atomic E-state index is 14.2. The maximum Gasteiger partial charge on any atom is 0.256 e. The lowest BCUT2D eigenvalue weighted by Gasteiger charge is -2.14. The Morgan fingerprint density at radius 1 is 1.08 bits per heavy atom. The Kier molecular flexibility index (Phi) is 8.65. The number of nitrogens with one attached hydrogen (secondary N) is 2. The van der Waals surface area contributed by atoms with Crippen LogP contribution in [0.1, 0.15) is 27.3 Å². The first kappa shape index (κ1) is 27.2. The van der Waals surface area contributed by atoms with Crippen molar-refractivity contribution in [2.75, 3.05) is 18.2 Å². The van der Waals surface area contributed by atoms with Crippen LogP contribution in [0.5, 0.6) is 5.75 Å². The van der Waals surface area contributed by atoms with Crippen LogP contribution in [0.25, 0.3) is 5.69 Å². The van der Waals surface area contributed by atoms with E-state index in [4.69, 9.17) is 16.3 Å². The van der Waals surface area contributed by atoms with Crippen molar-refractivity contribution in [3.05, 3.63) is 94.0 Å². The average molecular weight is 554 g/mol. The fourth-order valence-corrected chi connectivity index (χ4v) is 4.69. The first-order chi connectivity index (χ1) is 18.3. The molecule has 0 saturated heterocycles. The maximum absolute atomic E-state index is 14.2. The number of benzene rings is 3. The van der Waals surface area contributed by atoms with Crippen LogP contribution in [0.3, 0.4) is 0 Å². The zero-order valence-corrected chi connectivity index (χ0v) is 22.5. The molecular weight excluding hydrogens is 529 g/mol. The summed E-state index contributed by atoms with van der Waals surface area (Å²) in [6.07, 6.45) is 0. The third-order valence-corrected chi connectivity index (χ3v) is 6.85. The molecule has 1 aromatic heterocycles. The third-order valence-electron chi connectivity index (χ3n) is 5.61. The molecule has 0 unspecified atom stereocenters. The summed E-state index contributed by atoms with van der Waals surface area (Å²) in [7, 11) is 1.57. The molecule has 196 valence electrons. The predicted molar refractivity (Wildman–Crippen MR) is 146 cm³/mol. The first-order valence-corrected chi connectivity index (χ1v) is 12.9. The van der Waals surface area contributed by atoms with E-state index in [0.29, 0.717) is 22.4 Å². The summed E-state index contributed by atoms with van der Waals surface area (Å²) >= 11 is 7.24. The van der Waals surface area contributed by atoms with E-state index < -0.39 is 11.7 Å². The van der Waals surface area contributed by atoms with Gasteiger partial charge in [0, 0.05) is 5.69 Å². The number of hydrogen-bond acceptors (Lipinski definition) is 6. The van der Waals surface area contributed by atoms with E-state index in [1.807, 2.05) is 32.0 Å². The van der Waals surface area contributed by atoms with Gasteiger partial charge in [-0.15, -0.1) is 10.2 Å². The number of carbonyl (C=O) groups is 2. The summed E-state index contributed by atoms with van der Waals surface area (Å²) < 4.78 is 21.1. The Hall–Kier alpha value is -3.89. The van der Waals surface area contributed by atoms with Gasteiger partial charge in [-0.1, -0.05) is 41.6 Å². The van der Waals surface area contributed by atoms with Crippen LogP contribution < -0.4 is 15.4 Å². The number of halogens is 2. The summed E-state index contributed by atoms with van der Waals surface area (Å²) in [4.78, 5) is 25.3. The highest BCUT2D eigenvalue weighted by atomic mass is 35.5. The van der Waals surface area contributed by atoms with E-state index in [0.717, 1.165) is 16.8 Å². The minimum atomic E-state index is -0.717. The molecule has 0 atom stereocenters. The molecule has 8 nitrogen and oxygen atoms in total. The van der Waals surface area contributed by atoms with Crippen LogP contribution in [-0.2, 0) is 11.3 Å². The van der Waals surface area contributed by atoms with E-state index in [-0.39, 0.29) is 28.8 Å². The standard InChI is InChI=1S/C27H25ClFN5O3S/c1-16-7-8-17(2)22(13-16)34-23(14-30-26(36)25-20(28)5-4-6-21(25)29)32-33-27(34)38-15-24(35)31-18-9-11-19(37-3)12-10-18/h4-13H,14-15H2,1-3H3,(H,30,36)(H,31,35). The average Bonchev–Trinajstić information content (AvgIpc) is 3.30. The highest BCUT2D eigenvalue weighted by molar-refractivity contribution is 7.99. The summed E-state index contributed by atoms with van der Waals surface area (Å²) in [5.41, 5.74) is 3.17. The lowest BCUT2D eigenvalue weighted by molar-refractivity contribution is -0.113. The molecule has 0 aliphatic carbocycles. The number of aryl methyl sites for hydroxylation is 2. The van der Waals surface area contributed by atoms with Gasteiger partial charge in [0.1, 0.15) is 11.6 Å². The van der Waals surface area contributed by atoms with Gasteiger partial charge in [-0.3, -0.25) is 14.2 Å². The third kappa shape index (κ3) is 6.32. The molecular formula is C27H25ClFN5O3S. The molecule has 3 aromatic carbocycles. The van der Waals surface area contributed by atoms with Crippen LogP contribution in [0.4, 0.5) is 10.1 Å². The van der Waals surface area contributed by atoms with Crippen molar-refractivity contribution in [2.24, 2.45) is 0 Å². The Morgan fingerprint density at radius 2 is 1.84 bits per heavy atom. The zero-order valence-electron chi connectivity index (χ0n) is 20.9. The smallest absolute Gasteiger partial charge is 0.256 e. The van der Waals surface area contributed by atoms with Crippen molar-refractivity contribution in [1.82, 2.24) is 20.1 Å². The van der Waals surface area contributed by atoms with Crippen molar-refractivity contribution in [2.45, 2.75) is 25.5 Å². The lowest BCUT2D eigenvalue weighted by Crippen LogP contribution is -2.26. The number of rotatable bonds is 9. The minimum absolute atomic E-state index is 0.0117. The van der Waals surface area contributed by atoms with Crippen molar-refractivity contribution in [3.63, 3.8) is 0 Å². The summed E-state index contributed by atoms with van der Waals surface area (Å²) in [6.45, 7) is 3.87. The Balaban J connectivity index is 1.55. The highest BCUT2D eigenvalue weighted by Gasteiger charge is 2.20. The summed E-state index contributed by atoms with van der Waals surface area (Å²) in [5.74, 6) is -0.429. The molecule has 0 bridgehead atoms. The van der Waals surface area contributed by atoms with E-state index in [1.165, 1.54) is 30.0 Å². The number of carbonyl (C=O) groups excluding carboxylic acids is 2. The molecule has 2 amide bonds. The second kappa shape index (κ2) is 12.1. The van der Waals surface area contributed by atoms with Crippen molar-refractivity contribution < 1.29 is 18.7 Å². The van der Waals surface area contributed by atoms with Gasteiger partial charge in [0.15, 0.2) is 11.0 Å². The molecule has 2 N–H and O–H groups in total. The number of ether oxygens (including phenoxy) is 1. The molecule has 0 saturated carbocycles. The second-order valence-corrected chi connectivity index (χ2v) is 9.72. The van der Waals surface area contributed by atoms with Gasteiger partial charge < -0.3 is 15.4 Å². The topological polar surface area (TPSA) is 98.1 Å². The number of hydrogen-bond donors (Lipinski definition) is 2. The summed E-state index contributed by atoms with van der Waals surface area (Å²) in [6, 6.07) is 17.0. The van der Waals surface area contributed by atoms with Crippen LogP contribution in [0.2, 0.25) is 5.02 Å². The van der Waals surface area contributed by atoms with E-state index in [1.54, 1.807) is 35.9 Å². The molecule has 1 heterocycles. The van der Waals surface area contributed by atoms with Gasteiger partial charge in [-0.2, -0.15) is 0 Å². The number of methoxy groups -OCH3 is 1. The Bertz CT molecular complexity index is 1460. The number of amides is 2. The van der Waals surface area contributed by atoms with Gasteiger partial charge in [0.05, 0.1) is 35.7 Å². The van der Waals surface area contributed by atoms with E-state index in [9.17, 15) is 14.0 Å². The summed E-state index contributed by atoms with van der Waals surface area (Å²) in [5, 5.41) is 14.5. The molecule has 4 rings (SSSR count). The van der Waals surface area contributed by atoms with Crippen molar-refractivity contribution in [3.8, 4) is 11.4 Å². The van der Waals surface area contributed by atoms with Crippen molar-refractivity contribution in [1.29, 1.82) is 0 Å². The minimum Gasteiger partial charge on any atom is -0.497 e. The van der Waals surface area contributed by atoms with Gasteiger partial charge >= 0.3 is 0 Å². The molecule has 0 aliphatic rings. The Morgan fingerprint density at radius 3 is 2.55 bits per heavy atom. The van der Waals surface area contributed by atoms with Gasteiger partial charge in [-0.25, -0.2) is 4.39 Å². The fourth-order valence-electron chi connectivity index (χ4n) is 3.67. The SMILES string of the molecule is COc1ccc(NC(=O)CSc2nnc(CNC(=O)c3c(F)cccc3Cl)n2-c2cc(C)ccc2C)cc1. The Labute approximate surface area is 228 Å². The van der Waals surface area contributed by atoms with Crippen LogP contribution in [0, 0.1) is 19.7 Å². The van der Waals surface area contributed by atoms with Crippen molar-refractivity contribution >= 4 is 40.9 Å². The van der Waals surface area contributed by atoms with E-state index >= 15 is 0 Å². The number of nitrogens with zero attached hydrogens (tertiary/aromatic N) is 3. The molecule has 0 radical (unpaired) electrons. The molecule has 0 spiro atoms. The van der Waals surface area contributed by atoms with Gasteiger partial charge in [0.2, 0.25) is 5.91 Å². The molecule has 0 aliphatic heterocycles. The second-order valence-electron chi connectivity index (χ2n) is 8.37. The molecule has 4 aromatic rings. The largest absolute Gasteiger partial charge is 0.497 e. The normalized spacial score (nSPS) is 10.8. The van der Waals surface area contributed by atoms with Gasteiger partial charge in [-0.05, 0) is 67.4 Å².